The van der Waals surface area contributed by atoms with Crippen LogP contribution >= 0.6 is 0 Å². The Hall–Kier alpha value is -5.12. The van der Waals surface area contributed by atoms with Crippen LogP contribution in [0.3, 0.4) is 0 Å². The van der Waals surface area contributed by atoms with Crippen molar-refractivity contribution in [1.29, 1.82) is 0 Å². The third-order valence-electron chi connectivity index (χ3n) is 7.79. The van der Waals surface area contributed by atoms with Gasteiger partial charge in [-0.3, -0.25) is 4.79 Å². The standard InChI is InChI=1S/C31H29N7O3/c1-4-30(39)38-10-9-37-15-21(38)16-40-29-14-24-23(13-27(29)37)31(33-17-32-24)35-20-5-8-28(19(2)11-20)41-22-6-7-26-25(12-22)34-18-36(26)3/h4-8,11-14,17-18,21H,1,9-10,15-16H2,2-3H3,(H,32,33,35). The Labute approximate surface area is 236 Å². The maximum atomic E-state index is 12.3. The van der Waals surface area contributed by atoms with Gasteiger partial charge in [0.05, 0.1) is 34.6 Å². The Morgan fingerprint density at radius 1 is 1.10 bits per heavy atom. The van der Waals surface area contributed by atoms with Crippen molar-refractivity contribution in [2.45, 2.75) is 13.0 Å². The third-order valence-corrected chi connectivity index (χ3v) is 7.79. The molecule has 0 spiro atoms. The maximum Gasteiger partial charge on any atom is 0.246 e. The highest BCUT2D eigenvalue weighted by atomic mass is 16.5. The number of amides is 1. The molecule has 0 saturated carbocycles. The summed E-state index contributed by atoms with van der Waals surface area (Å²) in [6, 6.07) is 15.9. The fraction of sp³-hybridized carbons (Fsp3) is 0.226. The molecule has 1 atom stereocenters. The van der Waals surface area contributed by atoms with Gasteiger partial charge in [0, 0.05) is 49.9 Å². The second kappa shape index (κ2) is 9.81. The molecular weight excluding hydrogens is 518 g/mol. The minimum absolute atomic E-state index is 0.0389. The lowest BCUT2D eigenvalue weighted by molar-refractivity contribution is -0.129. The molecule has 2 bridgehead atoms. The van der Waals surface area contributed by atoms with Gasteiger partial charge in [-0.15, -0.1) is 0 Å². The molecule has 1 unspecified atom stereocenters. The SMILES string of the molecule is C=CC(=O)N1CCN2CC1COc1cc3ncnc(Nc4ccc(Oc5ccc6c(c5)ncn6C)c(C)c4)c3cc12. The summed E-state index contributed by atoms with van der Waals surface area (Å²) in [5.41, 5.74) is 5.57. The van der Waals surface area contributed by atoms with E-state index in [0.29, 0.717) is 32.1 Å². The monoisotopic (exact) mass is 547 g/mol. The number of piperazine rings is 1. The average Bonchev–Trinajstić information content (AvgIpc) is 3.29. The molecule has 2 aromatic heterocycles. The van der Waals surface area contributed by atoms with Crippen molar-refractivity contribution >= 4 is 45.0 Å². The van der Waals surface area contributed by atoms with Gasteiger partial charge in [-0.05, 0) is 55.0 Å². The summed E-state index contributed by atoms with van der Waals surface area (Å²) in [7, 11) is 1.97. The van der Waals surface area contributed by atoms with E-state index in [2.05, 4.69) is 37.8 Å². The molecule has 1 amide bonds. The number of nitrogens with one attached hydrogen (secondary N) is 1. The zero-order valence-corrected chi connectivity index (χ0v) is 22.9. The van der Waals surface area contributed by atoms with Gasteiger partial charge in [0.25, 0.3) is 0 Å². The molecule has 1 fully saturated rings. The van der Waals surface area contributed by atoms with E-state index < -0.39 is 0 Å². The van der Waals surface area contributed by atoms with Crippen LogP contribution in [0.1, 0.15) is 5.56 Å². The lowest BCUT2D eigenvalue weighted by Gasteiger charge is -2.39. The first-order chi connectivity index (χ1) is 20.0. The number of rotatable bonds is 5. The first kappa shape index (κ1) is 24.9. The highest BCUT2D eigenvalue weighted by molar-refractivity contribution is 5.95. The van der Waals surface area contributed by atoms with Crippen LogP contribution in [-0.2, 0) is 11.8 Å². The zero-order chi connectivity index (χ0) is 28.1. The number of aromatic nitrogens is 4. The van der Waals surface area contributed by atoms with Gasteiger partial charge in [0.1, 0.15) is 36.0 Å². The average molecular weight is 548 g/mol. The first-order valence-corrected chi connectivity index (χ1v) is 13.5. The van der Waals surface area contributed by atoms with Crippen molar-refractivity contribution < 1.29 is 14.3 Å². The van der Waals surface area contributed by atoms with Crippen molar-refractivity contribution in [3.8, 4) is 17.2 Å². The van der Waals surface area contributed by atoms with E-state index in [4.69, 9.17) is 9.47 Å². The molecule has 3 aromatic carbocycles. The Bertz CT molecular complexity index is 1830. The van der Waals surface area contributed by atoms with Crippen molar-refractivity contribution in [3.63, 3.8) is 0 Å². The zero-order valence-electron chi connectivity index (χ0n) is 22.9. The number of imidazole rings is 1. The number of carbonyl (C=O) groups is 1. The van der Waals surface area contributed by atoms with E-state index >= 15 is 0 Å². The van der Waals surface area contributed by atoms with E-state index in [1.807, 2.05) is 65.9 Å². The largest absolute Gasteiger partial charge is 0.489 e. The molecule has 41 heavy (non-hydrogen) atoms. The van der Waals surface area contributed by atoms with E-state index in [1.54, 1.807) is 12.7 Å². The fourth-order valence-electron chi connectivity index (χ4n) is 5.63. The molecule has 5 aromatic rings. The number of benzene rings is 3. The smallest absolute Gasteiger partial charge is 0.246 e. The molecule has 206 valence electrons. The summed E-state index contributed by atoms with van der Waals surface area (Å²) in [6.07, 6.45) is 4.72. The number of nitrogens with zero attached hydrogens (tertiary/aromatic N) is 6. The fourth-order valence-corrected chi connectivity index (χ4v) is 5.63. The van der Waals surface area contributed by atoms with Crippen LogP contribution in [-0.4, -0.2) is 62.6 Å². The lowest BCUT2D eigenvalue weighted by atomic mass is 10.1. The van der Waals surface area contributed by atoms with Gasteiger partial charge >= 0.3 is 0 Å². The Morgan fingerprint density at radius 3 is 2.85 bits per heavy atom. The molecule has 10 heteroatoms. The van der Waals surface area contributed by atoms with Crippen LogP contribution in [0.15, 0.2) is 73.8 Å². The first-order valence-electron chi connectivity index (χ1n) is 13.5. The van der Waals surface area contributed by atoms with Gasteiger partial charge in [0.2, 0.25) is 5.91 Å². The van der Waals surface area contributed by atoms with Crippen molar-refractivity contribution in [2.75, 3.05) is 36.5 Å². The van der Waals surface area contributed by atoms with Crippen LogP contribution in [0.2, 0.25) is 0 Å². The van der Waals surface area contributed by atoms with Crippen LogP contribution in [0.25, 0.3) is 21.9 Å². The van der Waals surface area contributed by atoms with Crippen LogP contribution in [0, 0.1) is 6.92 Å². The number of hydrogen-bond donors (Lipinski definition) is 1. The predicted molar refractivity (Wildman–Crippen MR) is 158 cm³/mol. The number of anilines is 3. The molecule has 7 rings (SSSR count). The van der Waals surface area contributed by atoms with Crippen molar-refractivity contribution in [2.24, 2.45) is 7.05 Å². The van der Waals surface area contributed by atoms with Gasteiger partial charge < -0.3 is 29.2 Å². The summed E-state index contributed by atoms with van der Waals surface area (Å²) in [6.45, 7) is 8.12. The predicted octanol–water partition coefficient (Wildman–Crippen LogP) is 4.96. The highest BCUT2D eigenvalue weighted by Crippen LogP contribution is 2.39. The maximum absolute atomic E-state index is 12.3. The van der Waals surface area contributed by atoms with Gasteiger partial charge in [-0.25, -0.2) is 15.0 Å². The highest BCUT2D eigenvalue weighted by Gasteiger charge is 2.34. The Kier molecular flexibility index (Phi) is 5.96. The third kappa shape index (κ3) is 4.47. The second-order valence-electron chi connectivity index (χ2n) is 10.4. The Morgan fingerprint density at radius 2 is 2.00 bits per heavy atom. The summed E-state index contributed by atoms with van der Waals surface area (Å²) in [5.74, 6) is 2.91. The van der Waals surface area contributed by atoms with Gasteiger partial charge in [0.15, 0.2) is 0 Å². The van der Waals surface area contributed by atoms with Crippen LogP contribution in [0.4, 0.5) is 17.2 Å². The van der Waals surface area contributed by atoms with E-state index in [1.165, 1.54) is 6.08 Å². The topological polar surface area (TPSA) is 97.6 Å². The van der Waals surface area contributed by atoms with E-state index in [-0.39, 0.29) is 11.9 Å². The summed E-state index contributed by atoms with van der Waals surface area (Å²) in [4.78, 5) is 30.0. The molecule has 0 aliphatic carbocycles. The normalized spacial score (nSPS) is 16.2. The molecule has 4 heterocycles. The second-order valence-corrected chi connectivity index (χ2v) is 10.4. The van der Waals surface area contributed by atoms with E-state index in [9.17, 15) is 4.79 Å². The van der Waals surface area contributed by atoms with Crippen LogP contribution < -0.4 is 19.7 Å². The minimum atomic E-state index is -0.0623. The molecular formula is C31H29N7O3. The Balaban J connectivity index is 1.15. The molecule has 1 N–H and O–H groups in total. The van der Waals surface area contributed by atoms with Gasteiger partial charge in [-0.2, -0.15) is 0 Å². The molecule has 1 saturated heterocycles. The molecule has 0 radical (unpaired) electrons. The number of fused-ring (bicyclic) bond motifs is 6. The molecule has 2 aliphatic heterocycles. The number of aryl methyl sites for hydroxylation is 2. The van der Waals surface area contributed by atoms with Gasteiger partial charge in [-0.1, -0.05) is 6.58 Å². The molecule has 10 nitrogen and oxygen atoms in total. The van der Waals surface area contributed by atoms with Crippen molar-refractivity contribution in [3.05, 3.63) is 79.4 Å². The number of carbonyl (C=O) groups excluding carboxylic acids is 1. The molecule has 2 aliphatic rings. The summed E-state index contributed by atoms with van der Waals surface area (Å²) < 4.78 is 14.4. The number of ether oxygens (including phenoxy) is 2. The summed E-state index contributed by atoms with van der Waals surface area (Å²) in [5, 5.41) is 4.36. The number of hydrogen-bond acceptors (Lipinski definition) is 8. The van der Waals surface area contributed by atoms with Crippen molar-refractivity contribution in [1.82, 2.24) is 24.4 Å². The minimum Gasteiger partial charge on any atom is -0.489 e. The van der Waals surface area contributed by atoms with E-state index in [0.717, 1.165) is 56.1 Å². The lowest BCUT2D eigenvalue weighted by Crippen LogP contribution is -2.56. The van der Waals surface area contributed by atoms with Crippen LogP contribution in [0.5, 0.6) is 17.2 Å². The quantitative estimate of drug-likeness (QED) is 0.309. The summed E-state index contributed by atoms with van der Waals surface area (Å²) >= 11 is 0.